The lowest BCUT2D eigenvalue weighted by Gasteiger charge is -2.11. The minimum absolute atomic E-state index is 0.158. The van der Waals surface area contributed by atoms with E-state index < -0.39 is 0 Å². The largest absolute Gasteiger partial charge is 0.398 e. The van der Waals surface area contributed by atoms with Gasteiger partial charge in [-0.1, -0.05) is 23.7 Å². The highest BCUT2D eigenvalue weighted by molar-refractivity contribution is 14.1. The lowest BCUT2D eigenvalue weighted by Crippen LogP contribution is -2.14. The van der Waals surface area contributed by atoms with Crippen LogP contribution in [0.25, 0.3) is 0 Å². The Balaban J connectivity index is 2.30. The normalized spacial score (nSPS) is 10.3. The Morgan fingerprint density at radius 3 is 2.68 bits per heavy atom. The third kappa shape index (κ3) is 3.19. The molecule has 3 nitrogen and oxygen atoms in total. The number of hydrogen-bond donors (Lipinski definition) is 2. The zero-order valence-corrected chi connectivity index (χ0v) is 13.1. The Kier molecular flexibility index (Phi) is 4.31. The van der Waals surface area contributed by atoms with Gasteiger partial charge < -0.3 is 11.1 Å². The summed E-state index contributed by atoms with van der Waals surface area (Å²) in [4.78, 5) is 12.2. The summed E-state index contributed by atoms with van der Waals surface area (Å²) in [5.74, 6) is -0.158. The third-order valence-electron chi connectivity index (χ3n) is 2.71. The first-order chi connectivity index (χ1) is 8.99. The van der Waals surface area contributed by atoms with Gasteiger partial charge in [-0.15, -0.1) is 0 Å². The van der Waals surface area contributed by atoms with Crippen LogP contribution in [0.15, 0.2) is 36.4 Å². The van der Waals surface area contributed by atoms with Crippen molar-refractivity contribution >= 4 is 51.5 Å². The number of carbonyl (C=O) groups is 1. The molecule has 0 spiro atoms. The summed E-state index contributed by atoms with van der Waals surface area (Å²) < 4.78 is 0.900. The fraction of sp³-hybridized carbons (Fsp3) is 0.0714. The van der Waals surface area contributed by atoms with E-state index in [0.717, 1.165) is 9.13 Å². The van der Waals surface area contributed by atoms with E-state index >= 15 is 0 Å². The van der Waals surface area contributed by atoms with Crippen LogP contribution in [0.4, 0.5) is 11.4 Å². The molecule has 0 aliphatic rings. The molecule has 1 amide bonds. The number of nitrogens with two attached hydrogens (primary N) is 1. The average Bonchev–Trinajstić information content (AvgIpc) is 2.36. The van der Waals surface area contributed by atoms with E-state index in [4.69, 9.17) is 17.3 Å². The number of nitrogens with one attached hydrogen (secondary N) is 1. The summed E-state index contributed by atoms with van der Waals surface area (Å²) in [6.07, 6.45) is 0. The lowest BCUT2D eigenvalue weighted by atomic mass is 10.1. The van der Waals surface area contributed by atoms with Gasteiger partial charge in [0.1, 0.15) is 0 Å². The minimum atomic E-state index is -0.158. The van der Waals surface area contributed by atoms with E-state index in [1.165, 1.54) is 0 Å². The molecule has 0 aliphatic carbocycles. The number of nitrogen functional groups attached to an aromatic ring is 1. The van der Waals surface area contributed by atoms with Crippen LogP contribution in [0.2, 0.25) is 5.02 Å². The summed E-state index contributed by atoms with van der Waals surface area (Å²) >= 11 is 8.10. The maximum atomic E-state index is 12.2. The van der Waals surface area contributed by atoms with Crippen LogP contribution in [0, 0.1) is 10.5 Å². The van der Waals surface area contributed by atoms with Crippen molar-refractivity contribution < 1.29 is 4.79 Å². The monoisotopic (exact) mass is 386 g/mol. The molecule has 2 aromatic carbocycles. The van der Waals surface area contributed by atoms with Crippen LogP contribution in [-0.2, 0) is 0 Å². The van der Waals surface area contributed by atoms with Crippen molar-refractivity contribution in [3.63, 3.8) is 0 Å². The van der Waals surface area contributed by atoms with E-state index in [9.17, 15) is 4.79 Å². The highest BCUT2D eigenvalue weighted by Gasteiger charge is 2.11. The van der Waals surface area contributed by atoms with Crippen molar-refractivity contribution in [2.45, 2.75) is 6.92 Å². The van der Waals surface area contributed by atoms with Gasteiger partial charge in [-0.2, -0.15) is 0 Å². The summed E-state index contributed by atoms with van der Waals surface area (Å²) in [5.41, 5.74) is 8.40. The first kappa shape index (κ1) is 14.1. The molecule has 19 heavy (non-hydrogen) atoms. The fourth-order valence-electron chi connectivity index (χ4n) is 1.67. The van der Waals surface area contributed by atoms with Crippen molar-refractivity contribution in [1.29, 1.82) is 0 Å². The number of anilines is 2. The zero-order chi connectivity index (χ0) is 14.0. The highest BCUT2D eigenvalue weighted by atomic mass is 127. The second kappa shape index (κ2) is 5.79. The van der Waals surface area contributed by atoms with Crippen molar-refractivity contribution in [1.82, 2.24) is 0 Å². The number of carbonyl (C=O) groups excluding carboxylic acids is 1. The van der Waals surface area contributed by atoms with Gasteiger partial charge in [0.05, 0.1) is 16.3 Å². The Hall–Kier alpha value is -1.27. The van der Waals surface area contributed by atoms with E-state index in [1.54, 1.807) is 18.2 Å². The van der Waals surface area contributed by atoms with Crippen LogP contribution < -0.4 is 11.1 Å². The van der Waals surface area contributed by atoms with Crippen LogP contribution >= 0.6 is 34.2 Å². The van der Waals surface area contributed by atoms with E-state index in [0.29, 0.717) is 22.0 Å². The minimum Gasteiger partial charge on any atom is -0.398 e. The number of amides is 1. The molecule has 0 aromatic heterocycles. The Morgan fingerprint density at radius 2 is 2.00 bits per heavy atom. The zero-order valence-electron chi connectivity index (χ0n) is 10.2. The maximum Gasteiger partial charge on any atom is 0.256 e. The quantitative estimate of drug-likeness (QED) is 0.603. The van der Waals surface area contributed by atoms with Gasteiger partial charge >= 0.3 is 0 Å². The van der Waals surface area contributed by atoms with E-state index in [-0.39, 0.29) is 5.91 Å². The van der Waals surface area contributed by atoms with Crippen molar-refractivity contribution in [3.8, 4) is 0 Å². The maximum absolute atomic E-state index is 12.2. The van der Waals surface area contributed by atoms with Crippen molar-refractivity contribution in [3.05, 3.63) is 56.1 Å². The number of halogens is 2. The molecule has 0 aliphatic heterocycles. The Morgan fingerprint density at radius 1 is 1.32 bits per heavy atom. The molecule has 5 heteroatoms. The molecule has 0 saturated carbocycles. The molecule has 0 saturated heterocycles. The molecule has 0 atom stereocenters. The molecule has 0 fully saturated rings. The van der Waals surface area contributed by atoms with Gasteiger partial charge in [0.15, 0.2) is 0 Å². The molecule has 0 unspecified atom stereocenters. The Labute approximate surface area is 130 Å². The molecular formula is C14H12ClIN2O. The number of rotatable bonds is 2. The second-order valence-corrected chi connectivity index (χ2v) is 5.69. The second-order valence-electron chi connectivity index (χ2n) is 4.12. The first-order valence-corrected chi connectivity index (χ1v) is 7.06. The van der Waals surface area contributed by atoms with Crippen LogP contribution in [0.3, 0.4) is 0 Å². The van der Waals surface area contributed by atoms with Gasteiger partial charge in [-0.3, -0.25) is 4.79 Å². The molecular weight excluding hydrogens is 375 g/mol. The summed E-state index contributed by atoms with van der Waals surface area (Å²) in [6, 6.07) is 10.8. The SMILES string of the molecule is Cc1cc(N)c(Cl)cc1NC(=O)c1ccccc1I. The lowest BCUT2D eigenvalue weighted by molar-refractivity contribution is 0.102. The number of aryl methyl sites for hydroxylation is 1. The summed E-state index contributed by atoms with van der Waals surface area (Å²) in [6.45, 7) is 1.87. The van der Waals surface area contributed by atoms with E-state index in [1.807, 2.05) is 25.1 Å². The Bertz CT molecular complexity index is 643. The molecule has 3 N–H and O–H groups in total. The summed E-state index contributed by atoms with van der Waals surface area (Å²) in [5, 5.41) is 3.29. The average molecular weight is 387 g/mol. The molecule has 2 rings (SSSR count). The van der Waals surface area contributed by atoms with Gasteiger partial charge in [0.25, 0.3) is 5.91 Å². The molecule has 0 heterocycles. The van der Waals surface area contributed by atoms with Gasteiger partial charge in [-0.05, 0) is 59.3 Å². The molecule has 0 bridgehead atoms. The number of hydrogen-bond acceptors (Lipinski definition) is 2. The topological polar surface area (TPSA) is 55.1 Å². The summed E-state index contributed by atoms with van der Waals surface area (Å²) in [7, 11) is 0. The molecule has 2 aromatic rings. The van der Waals surface area contributed by atoms with Gasteiger partial charge in [0, 0.05) is 9.26 Å². The van der Waals surface area contributed by atoms with Crippen LogP contribution in [-0.4, -0.2) is 5.91 Å². The van der Waals surface area contributed by atoms with Crippen molar-refractivity contribution in [2.24, 2.45) is 0 Å². The van der Waals surface area contributed by atoms with Crippen LogP contribution in [0.5, 0.6) is 0 Å². The number of benzene rings is 2. The van der Waals surface area contributed by atoms with Crippen molar-refractivity contribution in [2.75, 3.05) is 11.1 Å². The molecule has 0 radical (unpaired) electrons. The predicted octanol–water partition coefficient (Wildman–Crippen LogP) is 4.09. The fourth-order valence-corrected chi connectivity index (χ4v) is 2.47. The smallest absolute Gasteiger partial charge is 0.256 e. The van der Waals surface area contributed by atoms with Gasteiger partial charge in [0.2, 0.25) is 0 Å². The third-order valence-corrected chi connectivity index (χ3v) is 3.98. The standard InChI is InChI=1S/C14H12ClIN2O/c1-8-6-12(17)10(15)7-13(8)18-14(19)9-4-2-3-5-11(9)16/h2-7H,17H2,1H3,(H,18,19). The first-order valence-electron chi connectivity index (χ1n) is 5.60. The molecule has 98 valence electrons. The predicted molar refractivity (Wildman–Crippen MR) is 87.7 cm³/mol. The van der Waals surface area contributed by atoms with E-state index in [2.05, 4.69) is 27.9 Å². The highest BCUT2D eigenvalue weighted by Crippen LogP contribution is 2.27. The van der Waals surface area contributed by atoms with Gasteiger partial charge in [-0.25, -0.2) is 0 Å². The van der Waals surface area contributed by atoms with Crippen LogP contribution in [0.1, 0.15) is 15.9 Å².